The van der Waals surface area contributed by atoms with Crippen molar-refractivity contribution >= 4 is 57.6 Å². The minimum absolute atomic E-state index is 0.0675. The molecule has 3 heterocycles. The maximum Gasteiger partial charge on any atom is 0.422 e. The van der Waals surface area contributed by atoms with Gasteiger partial charge in [-0.05, 0) is 31.0 Å². The van der Waals surface area contributed by atoms with Crippen LogP contribution in [0.15, 0.2) is 36.7 Å². The number of carbonyl (C=O) groups excluding carboxylic acids is 1. The van der Waals surface area contributed by atoms with E-state index in [-0.39, 0.29) is 44.3 Å². The summed E-state index contributed by atoms with van der Waals surface area (Å²) in [4.78, 5) is 28.2. The number of halogens is 8. The van der Waals surface area contributed by atoms with Crippen LogP contribution in [0.2, 0.25) is 10.0 Å². The molecule has 1 saturated carbocycles. The second-order valence-corrected chi connectivity index (χ2v) is 9.66. The highest BCUT2D eigenvalue weighted by Crippen LogP contribution is 2.42. The van der Waals surface area contributed by atoms with Gasteiger partial charge in [0, 0.05) is 30.1 Å². The lowest BCUT2D eigenvalue weighted by atomic mass is 10.1. The van der Waals surface area contributed by atoms with Crippen molar-refractivity contribution in [3.63, 3.8) is 0 Å². The van der Waals surface area contributed by atoms with Gasteiger partial charge in [-0.1, -0.05) is 23.2 Å². The summed E-state index contributed by atoms with van der Waals surface area (Å²) in [6, 6.07) is 3.80. The third-order valence-corrected chi connectivity index (χ3v) is 6.30. The molecule has 5 rings (SSSR count). The summed E-state index contributed by atoms with van der Waals surface area (Å²) in [5.74, 6) is -2.06. The molecule has 3 N–H and O–H groups in total. The number of aromatic amines is 1. The number of rotatable bonds is 7. The molecule has 1 aliphatic carbocycles. The number of hydrogen-bond donors (Lipinski definition) is 3. The Bertz CT molecular complexity index is 1580. The van der Waals surface area contributed by atoms with Gasteiger partial charge < -0.3 is 20.4 Å². The molecule has 0 spiro atoms. The molecule has 0 saturated heterocycles. The van der Waals surface area contributed by atoms with E-state index in [4.69, 9.17) is 27.9 Å². The number of hydrogen-bond acceptors (Lipinski definition) is 6. The van der Waals surface area contributed by atoms with Crippen LogP contribution >= 0.6 is 23.2 Å². The molecule has 1 fully saturated rings. The Labute approximate surface area is 231 Å². The maximum atomic E-state index is 13.4. The summed E-state index contributed by atoms with van der Waals surface area (Å²) < 4.78 is 84.0. The number of amides is 1. The van der Waals surface area contributed by atoms with Crippen LogP contribution in [0.4, 0.5) is 43.8 Å². The van der Waals surface area contributed by atoms with Crippen LogP contribution in [0, 0.1) is 0 Å². The first-order chi connectivity index (χ1) is 18.8. The van der Waals surface area contributed by atoms with Crippen LogP contribution in [0.1, 0.15) is 40.4 Å². The number of pyridine rings is 2. The molecule has 1 aliphatic rings. The fourth-order valence-electron chi connectivity index (χ4n) is 3.75. The largest absolute Gasteiger partial charge is 0.483 e. The van der Waals surface area contributed by atoms with E-state index in [1.54, 1.807) is 0 Å². The van der Waals surface area contributed by atoms with Crippen molar-refractivity contribution in [3.05, 3.63) is 63.5 Å². The molecule has 0 radical (unpaired) electrons. The molecule has 4 aromatic rings. The van der Waals surface area contributed by atoms with E-state index in [0.717, 1.165) is 18.2 Å². The van der Waals surface area contributed by atoms with Gasteiger partial charge in [-0.3, -0.25) is 9.78 Å². The van der Waals surface area contributed by atoms with E-state index in [2.05, 4.69) is 30.6 Å². The number of benzene rings is 1. The van der Waals surface area contributed by atoms with E-state index >= 15 is 0 Å². The monoisotopic (exact) mass is 604 g/mol. The van der Waals surface area contributed by atoms with Gasteiger partial charge in [0.15, 0.2) is 6.61 Å². The minimum atomic E-state index is -4.74. The first-order valence-corrected chi connectivity index (χ1v) is 12.2. The average Bonchev–Trinajstić information content (AvgIpc) is 3.63. The topological polar surface area (TPSA) is 105 Å². The fourth-order valence-corrected chi connectivity index (χ4v) is 4.21. The number of carbonyl (C=O) groups is 1. The normalized spacial score (nSPS) is 13.9. The summed E-state index contributed by atoms with van der Waals surface area (Å²) in [7, 11) is 0. The lowest BCUT2D eigenvalue weighted by Crippen LogP contribution is -2.21. The zero-order valence-corrected chi connectivity index (χ0v) is 21.4. The minimum Gasteiger partial charge on any atom is -0.483 e. The van der Waals surface area contributed by atoms with Crippen LogP contribution < -0.4 is 15.4 Å². The van der Waals surface area contributed by atoms with Gasteiger partial charge in [-0.15, -0.1) is 0 Å². The zero-order valence-electron chi connectivity index (χ0n) is 19.8. The van der Waals surface area contributed by atoms with Gasteiger partial charge >= 0.3 is 12.4 Å². The fraction of sp³-hybridized carbons (Fsp3) is 0.250. The number of anilines is 3. The van der Waals surface area contributed by atoms with Crippen molar-refractivity contribution in [2.24, 2.45) is 0 Å². The average molecular weight is 605 g/mol. The SMILES string of the molecule is O=C(Nc1cc(C(F)(F)F)cc(C2CC2)n1)c1cc2[nH]c(Nc3c(Cl)cncc3Cl)nc2cc1OCC(F)(F)F. The number of alkyl halides is 6. The number of fused-ring (bicyclic) bond motifs is 1. The molecule has 0 bridgehead atoms. The first-order valence-electron chi connectivity index (χ1n) is 11.5. The van der Waals surface area contributed by atoms with E-state index in [1.807, 2.05) is 0 Å². The molecule has 3 aromatic heterocycles. The highest BCUT2D eigenvalue weighted by Gasteiger charge is 2.35. The number of ether oxygens (including phenoxy) is 1. The molecular formula is C24H16Cl2F6N6O2. The standard InChI is InChI=1S/C24H16Cl2F6N6O2/c25-13-7-33-8-14(26)20(13)38-22-35-16-5-12(18(6-17(16)36-22)40-9-23(27,28)29)21(39)37-19-4-11(24(30,31)32)3-15(34-19)10-1-2-10/h3-8,10H,1-2,9H2,(H,34,37,39)(H2,33,35,36,38). The van der Waals surface area contributed by atoms with Crippen LogP contribution in [-0.2, 0) is 6.18 Å². The second-order valence-electron chi connectivity index (χ2n) is 8.85. The third kappa shape index (κ3) is 6.33. The number of aromatic nitrogens is 4. The van der Waals surface area contributed by atoms with Crippen molar-refractivity contribution in [1.29, 1.82) is 0 Å². The van der Waals surface area contributed by atoms with Gasteiger partial charge in [0.2, 0.25) is 5.95 Å². The summed E-state index contributed by atoms with van der Waals surface area (Å²) in [6.07, 6.45) is -5.50. The molecule has 1 aromatic carbocycles. The summed E-state index contributed by atoms with van der Waals surface area (Å²) >= 11 is 12.2. The molecule has 1 amide bonds. The van der Waals surface area contributed by atoms with Crippen LogP contribution in [0.5, 0.6) is 5.75 Å². The lowest BCUT2D eigenvalue weighted by molar-refractivity contribution is -0.153. The van der Waals surface area contributed by atoms with E-state index in [1.165, 1.54) is 12.4 Å². The number of nitrogens with zero attached hydrogens (tertiary/aromatic N) is 3. The quantitative estimate of drug-likeness (QED) is 0.189. The molecular weight excluding hydrogens is 589 g/mol. The zero-order chi connectivity index (χ0) is 28.8. The van der Waals surface area contributed by atoms with Gasteiger partial charge in [-0.25, -0.2) is 9.97 Å². The van der Waals surface area contributed by atoms with E-state index < -0.39 is 47.6 Å². The summed E-state index contributed by atoms with van der Waals surface area (Å²) in [6.45, 7) is -1.73. The predicted octanol–water partition coefficient (Wildman–Crippen LogP) is 7.49. The van der Waals surface area contributed by atoms with E-state index in [9.17, 15) is 31.1 Å². The molecule has 40 heavy (non-hydrogen) atoms. The van der Waals surface area contributed by atoms with Gasteiger partial charge in [0.1, 0.15) is 11.6 Å². The van der Waals surface area contributed by atoms with Crippen molar-refractivity contribution in [2.75, 3.05) is 17.2 Å². The molecule has 16 heteroatoms. The second kappa shape index (κ2) is 10.3. The highest BCUT2D eigenvalue weighted by molar-refractivity contribution is 6.39. The predicted molar refractivity (Wildman–Crippen MR) is 134 cm³/mol. The summed E-state index contributed by atoms with van der Waals surface area (Å²) in [5.41, 5.74) is -0.729. The molecule has 0 aliphatic heterocycles. The first kappa shape index (κ1) is 27.8. The third-order valence-electron chi connectivity index (χ3n) is 5.73. The van der Waals surface area contributed by atoms with Crippen LogP contribution in [-0.4, -0.2) is 38.6 Å². The number of nitrogens with one attached hydrogen (secondary N) is 3. The molecule has 0 unspecified atom stereocenters. The Hall–Kier alpha value is -3.78. The highest BCUT2D eigenvalue weighted by atomic mass is 35.5. The number of H-pyrrole nitrogens is 1. The van der Waals surface area contributed by atoms with Gasteiger partial charge in [0.05, 0.1) is 37.9 Å². The molecule has 0 atom stereocenters. The maximum absolute atomic E-state index is 13.4. The van der Waals surface area contributed by atoms with Crippen molar-refractivity contribution in [3.8, 4) is 5.75 Å². The Morgan fingerprint density at radius 1 is 1.02 bits per heavy atom. The Morgan fingerprint density at radius 2 is 1.73 bits per heavy atom. The summed E-state index contributed by atoms with van der Waals surface area (Å²) in [5, 5.41) is 5.39. The van der Waals surface area contributed by atoms with Crippen molar-refractivity contribution in [2.45, 2.75) is 31.1 Å². The van der Waals surface area contributed by atoms with Crippen molar-refractivity contribution in [1.82, 2.24) is 19.9 Å². The van der Waals surface area contributed by atoms with Crippen molar-refractivity contribution < 1.29 is 35.9 Å². The molecule has 210 valence electrons. The smallest absolute Gasteiger partial charge is 0.422 e. The van der Waals surface area contributed by atoms with E-state index in [0.29, 0.717) is 18.9 Å². The Morgan fingerprint density at radius 3 is 2.35 bits per heavy atom. The number of imidazole rings is 1. The lowest BCUT2D eigenvalue weighted by Gasteiger charge is -2.15. The van der Waals surface area contributed by atoms with Crippen LogP contribution in [0.25, 0.3) is 11.0 Å². The van der Waals surface area contributed by atoms with Crippen LogP contribution in [0.3, 0.4) is 0 Å². The van der Waals surface area contributed by atoms with Gasteiger partial charge in [0.25, 0.3) is 5.91 Å². The Balaban J connectivity index is 1.50. The molecule has 8 nitrogen and oxygen atoms in total. The Kier molecular flexibility index (Phi) is 7.17. The van der Waals surface area contributed by atoms with Gasteiger partial charge in [-0.2, -0.15) is 26.3 Å².